The van der Waals surface area contributed by atoms with E-state index in [4.69, 9.17) is 9.47 Å². The molecule has 7 aromatic rings. The van der Waals surface area contributed by atoms with Gasteiger partial charge in [0.05, 0.1) is 24.5 Å². The quantitative estimate of drug-likeness (QED) is 0.127. The standard InChI is InChI=1S/C39H33FN6O4/c1-49-27-9-10-32-28(19-27)26(21-44-32)12-14-42-35-31(40)20-29-36-38(35)50-34-11-8-25(24-6-3-2-4-7-24)18-33(34)46(36)22-30(37(29)47)39(48)43-13-5-16-45-17-15-41-23-45/h2-4,6-11,15,17-23,42,44H,5,12-14,16H2,1H3,(H,43,48). The third-order valence-corrected chi connectivity index (χ3v) is 9.09. The molecule has 0 saturated carbocycles. The van der Waals surface area contributed by atoms with Crippen molar-refractivity contribution in [1.82, 2.24) is 24.4 Å². The molecule has 4 heterocycles. The van der Waals surface area contributed by atoms with Crippen molar-refractivity contribution in [2.24, 2.45) is 0 Å². The molecule has 3 N–H and O–H groups in total. The lowest BCUT2D eigenvalue weighted by Crippen LogP contribution is -2.31. The summed E-state index contributed by atoms with van der Waals surface area (Å²) in [5, 5.41) is 7.18. The number of ether oxygens (including phenoxy) is 2. The zero-order chi connectivity index (χ0) is 34.2. The maximum absolute atomic E-state index is 16.1. The molecule has 0 aliphatic carbocycles. The molecule has 11 heteroatoms. The van der Waals surface area contributed by atoms with Crippen LogP contribution >= 0.6 is 0 Å². The molecule has 0 bridgehead atoms. The van der Waals surface area contributed by atoms with Gasteiger partial charge < -0.3 is 34.2 Å². The number of fused-ring (bicyclic) bond motifs is 3. The molecule has 0 unspecified atom stereocenters. The van der Waals surface area contributed by atoms with Gasteiger partial charge in [-0.15, -0.1) is 0 Å². The average molecular weight is 669 g/mol. The first-order chi connectivity index (χ1) is 24.5. The van der Waals surface area contributed by atoms with Crippen molar-refractivity contribution >= 4 is 33.4 Å². The fourth-order valence-corrected chi connectivity index (χ4v) is 6.55. The van der Waals surface area contributed by atoms with Gasteiger partial charge in [0.25, 0.3) is 5.91 Å². The number of pyridine rings is 1. The minimum Gasteiger partial charge on any atom is -0.497 e. The molecular formula is C39H33FN6O4. The van der Waals surface area contributed by atoms with Crippen molar-refractivity contribution < 1.29 is 18.7 Å². The summed E-state index contributed by atoms with van der Waals surface area (Å²) in [4.78, 5) is 34.7. The fraction of sp³-hybridized carbons (Fsp3) is 0.154. The zero-order valence-electron chi connectivity index (χ0n) is 27.2. The summed E-state index contributed by atoms with van der Waals surface area (Å²) in [6, 6.07) is 22.6. The number of methoxy groups -OCH3 is 1. The Labute approximate surface area is 286 Å². The highest BCUT2D eigenvalue weighted by atomic mass is 19.1. The number of H-pyrrole nitrogens is 1. The largest absolute Gasteiger partial charge is 0.497 e. The number of amides is 1. The smallest absolute Gasteiger partial charge is 0.256 e. The predicted molar refractivity (Wildman–Crippen MR) is 191 cm³/mol. The first-order valence-corrected chi connectivity index (χ1v) is 16.4. The molecule has 0 radical (unpaired) electrons. The maximum Gasteiger partial charge on any atom is 0.256 e. The summed E-state index contributed by atoms with van der Waals surface area (Å²) < 4.78 is 31.6. The van der Waals surface area contributed by atoms with Gasteiger partial charge in [0.15, 0.2) is 17.3 Å². The number of benzene rings is 4. The molecule has 10 nitrogen and oxygen atoms in total. The molecule has 250 valence electrons. The van der Waals surface area contributed by atoms with Gasteiger partial charge in [0.2, 0.25) is 5.43 Å². The first-order valence-electron chi connectivity index (χ1n) is 16.4. The molecule has 8 rings (SSSR count). The fourth-order valence-electron chi connectivity index (χ4n) is 6.55. The number of carbonyl (C=O) groups is 1. The Hall–Kier alpha value is -6.36. The Morgan fingerprint density at radius 3 is 2.72 bits per heavy atom. The van der Waals surface area contributed by atoms with E-state index in [2.05, 4.69) is 20.6 Å². The molecular weight excluding hydrogens is 635 g/mol. The van der Waals surface area contributed by atoms with Crippen LogP contribution in [0.2, 0.25) is 0 Å². The highest BCUT2D eigenvalue weighted by Gasteiger charge is 2.29. The van der Waals surface area contributed by atoms with Crippen molar-refractivity contribution in [3.63, 3.8) is 0 Å². The van der Waals surface area contributed by atoms with Crippen LogP contribution in [0.1, 0.15) is 22.3 Å². The minimum absolute atomic E-state index is 0.0496. The van der Waals surface area contributed by atoms with Gasteiger partial charge in [-0.3, -0.25) is 9.59 Å². The van der Waals surface area contributed by atoms with Crippen LogP contribution in [0, 0.1) is 5.82 Å². The molecule has 3 aromatic heterocycles. The minimum atomic E-state index is -0.654. The number of nitrogens with one attached hydrogen (secondary N) is 3. The normalized spacial score (nSPS) is 11.7. The number of hydrogen-bond donors (Lipinski definition) is 3. The third kappa shape index (κ3) is 5.62. The monoisotopic (exact) mass is 668 g/mol. The van der Waals surface area contributed by atoms with Crippen LogP contribution in [-0.4, -0.2) is 45.2 Å². The zero-order valence-corrected chi connectivity index (χ0v) is 27.2. The number of carbonyl (C=O) groups excluding carboxylic acids is 1. The summed E-state index contributed by atoms with van der Waals surface area (Å²) in [5.74, 6) is 0.215. The van der Waals surface area contributed by atoms with Crippen LogP contribution in [0.4, 0.5) is 10.1 Å². The molecule has 0 atom stereocenters. The molecule has 50 heavy (non-hydrogen) atoms. The van der Waals surface area contributed by atoms with Gasteiger partial charge in [-0.2, -0.15) is 0 Å². The van der Waals surface area contributed by atoms with Crippen molar-refractivity contribution in [2.45, 2.75) is 19.4 Å². The number of rotatable bonds is 11. The van der Waals surface area contributed by atoms with Crippen LogP contribution < -0.4 is 25.5 Å². The SMILES string of the molecule is COc1ccc2[nH]cc(CCNc3c(F)cc4c(=O)c(C(=O)NCCCn5ccnc5)cn5c4c3Oc3ccc(-c4ccccc4)cc3-5)c2c1. The summed E-state index contributed by atoms with van der Waals surface area (Å²) in [6.07, 6.45) is 9.94. The van der Waals surface area contributed by atoms with Crippen LogP contribution in [0.25, 0.3) is 38.6 Å². The maximum atomic E-state index is 16.1. The molecule has 0 fully saturated rings. The lowest BCUT2D eigenvalue weighted by atomic mass is 10.0. The van der Waals surface area contributed by atoms with Gasteiger partial charge in [0.1, 0.15) is 22.5 Å². The van der Waals surface area contributed by atoms with Crippen molar-refractivity contribution in [2.75, 3.05) is 25.5 Å². The van der Waals surface area contributed by atoms with E-state index in [9.17, 15) is 9.59 Å². The van der Waals surface area contributed by atoms with Gasteiger partial charge in [-0.05, 0) is 65.9 Å². The van der Waals surface area contributed by atoms with Gasteiger partial charge >= 0.3 is 0 Å². The highest BCUT2D eigenvalue weighted by molar-refractivity contribution is 6.01. The topological polar surface area (TPSA) is 115 Å². The second kappa shape index (κ2) is 12.9. The van der Waals surface area contributed by atoms with Gasteiger partial charge in [-0.25, -0.2) is 9.37 Å². The van der Waals surface area contributed by atoms with Gasteiger partial charge in [0, 0.05) is 55.3 Å². The summed E-state index contributed by atoms with van der Waals surface area (Å²) >= 11 is 0. The lowest BCUT2D eigenvalue weighted by molar-refractivity contribution is 0.0951. The Morgan fingerprint density at radius 2 is 1.90 bits per heavy atom. The number of aromatic nitrogens is 4. The van der Waals surface area contributed by atoms with Crippen molar-refractivity contribution in [1.29, 1.82) is 0 Å². The number of nitrogens with zero attached hydrogens (tertiary/aromatic N) is 3. The number of imidazole rings is 1. The Kier molecular flexibility index (Phi) is 8.00. The Balaban J connectivity index is 1.17. The molecule has 1 amide bonds. The number of aryl methyl sites for hydroxylation is 1. The van der Waals surface area contributed by atoms with E-state index in [1.807, 2.05) is 83.7 Å². The predicted octanol–water partition coefficient (Wildman–Crippen LogP) is 7.06. The molecule has 1 aliphatic rings. The van der Waals surface area contributed by atoms with E-state index in [1.165, 1.54) is 12.3 Å². The van der Waals surface area contributed by atoms with Crippen LogP contribution in [0.3, 0.4) is 0 Å². The van der Waals surface area contributed by atoms with E-state index in [0.29, 0.717) is 49.4 Å². The number of aromatic amines is 1. The third-order valence-electron chi connectivity index (χ3n) is 9.09. The van der Waals surface area contributed by atoms with Crippen molar-refractivity contribution in [3.05, 3.63) is 131 Å². The van der Waals surface area contributed by atoms with E-state index in [1.54, 1.807) is 24.2 Å². The number of halogens is 1. The molecule has 1 aliphatic heterocycles. The lowest BCUT2D eigenvalue weighted by Gasteiger charge is -2.26. The highest BCUT2D eigenvalue weighted by Crippen LogP contribution is 2.46. The summed E-state index contributed by atoms with van der Waals surface area (Å²) in [5.41, 5.74) is 4.41. The average Bonchev–Trinajstić information content (AvgIpc) is 3.82. The van der Waals surface area contributed by atoms with E-state index >= 15 is 4.39 Å². The van der Waals surface area contributed by atoms with Crippen LogP contribution in [0.15, 0.2) is 109 Å². The van der Waals surface area contributed by atoms with E-state index in [0.717, 1.165) is 33.3 Å². The molecule has 0 spiro atoms. The molecule has 0 saturated heterocycles. The first kappa shape index (κ1) is 30.9. The number of anilines is 1. The molecule has 4 aromatic carbocycles. The van der Waals surface area contributed by atoms with Crippen LogP contribution in [0.5, 0.6) is 17.2 Å². The summed E-state index contributed by atoms with van der Waals surface area (Å²) in [6.45, 7) is 1.39. The van der Waals surface area contributed by atoms with Crippen molar-refractivity contribution in [3.8, 4) is 34.1 Å². The number of hydrogen-bond acceptors (Lipinski definition) is 6. The summed E-state index contributed by atoms with van der Waals surface area (Å²) in [7, 11) is 1.63. The van der Waals surface area contributed by atoms with E-state index in [-0.39, 0.29) is 22.4 Å². The van der Waals surface area contributed by atoms with Gasteiger partial charge in [-0.1, -0.05) is 36.4 Å². The second-order valence-electron chi connectivity index (χ2n) is 12.2. The van der Waals surface area contributed by atoms with E-state index < -0.39 is 17.2 Å². The Bertz CT molecular complexity index is 2440. The second-order valence-corrected chi connectivity index (χ2v) is 12.2. The van der Waals surface area contributed by atoms with Crippen LogP contribution in [-0.2, 0) is 13.0 Å². The Morgan fingerprint density at radius 1 is 1.02 bits per heavy atom.